The standard InChI is InChI=1S/C10H11ClFNO/c11-8-5-7(12)1-2-9(8)14-10(6-13)3-4-10/h1-2,5H,3-4,6,13H2. The van der Waals surface area contributed by atoms with Crippen LogP contribution in [0.15, 0.2) is 18.2 Å². The minimum atomic E-state index is -0.361. The van der Waals surface area contributed by atoms with Crippen molar-refractivity contribution < 1.29 is 9.13 Å². The normalized spacial score (nSPS) is 17.9. The van der Waals surface area contributed by atoms with Crippen LogP contribution in [0, 0.1) is 5.82 Å². The topological polar surface area (TPSA) is 35.2 Å². The number of halogens is 2. The molecule has 0 amide bonds. The van der Waals surface area contributed by atoms with Crippen molar-refractivity contribution in [3.8, 4) is 5.75 Å². The molecule has 2 rings (SSSR count). The smallest absolute Gasteiger partial charge is 0.139 e. The van der Waals surface area contributed by atoms with Gasteiger partial charge in [-0.15, -0.1) is 0 Å². The van der Waals surface area contributed by atoms with Crippen molar-refractivity contribution in [2.75, 3.05) is 6.54 Å². The maximum absolute atomic E-state index is 12.7. The van der Waals surface area contributed by atoms with E-state index in [1.165, 1.54) is 18.2 Å². The molecule has 1 saturated carbocycles. The highest BCUT2D eigenvalue weighted by molar-refractivity contribution is 6.32. The third-order valence-corrected chi connectivity index (χ3v) is 2.70. The van der Waals surface area contributed by atoms with E-state index in [0.29, 0.717) is 17.3 Å². The summed E-state index contributed by atoms with van der Waals surface area (Å²) in [5.41, 5.74) is 5.31. The lowest BCUT2D eigenvalue weighted by Gasteiger charge is -2.16. The van der Waals surface area contributed by atoms with Gasteiger partial charge in [0.25, 0.3) is 0 Å². The minimum Gasteiger partial charge on any atom is -0.484 e. The van der Waals surface area contributed by atoms with E-state index in [4.69, 9.17) is 22.1 Å². The zero-order valence-corrected chi connectivity index (χ0v) is 8.35. The van der Waals surface area contributed by atoms with E-state index >= 15 is 0 Å². The molecule has 1 aromatic carbocycles. The molecule has 1 aliphatic carbocycles. The van der Waals surface area contributed by atoms with Crippen LogP contribution < -0.4 is 10.5 Å². The van der Waals surface area contributed by atoms with Crippen molar-refractivity contribution in [1.29, 1.82) is 0 Å². The molecular weight excluding hydrogens is 205 g/mol. The molecule has 76 valence electrons. The van der Waals surface area contributed by atoms with E-state index in [0.717, 1.165) is 12.8 Å². The number of benzene rings is 1. The first-order chi connectivity index (χ1) is 6.65. The molecule has 0 bridgehead atoms. The zero-order valence-electron chi connectivity index (χ0n) is 7.59. The summed E-state index contributed by atoms with van der Waals surface area (Å²) in [6.07, 6.45) is 1.88. The minimum absolute atomic E-state index is 0.249. The molecule has 1 aromatic rings. The van der Waals surface area contributed by atoms with Crippen molar-refractivity contribution in [2.45, 2.75) is 18.4 Å². The van der Waals surface area contributed by atoms with Gasteiger partial charge in [-0.05, 0) is 31.0 Å². The van der Waals surface area contributed by atoms with E-state index in [2.05, 4.69) is 0 Å². The van der Waals surface area contributed by atoms with Gasteiger partial charge in [0, 0.05) is 6.54 Å². The van der Waals surface area contributed by atoms with Gasteiger partial charge in [0.15, 0.2) is 0 Å². The van der Waals surface area contributed by atoms with Crippen LogP contribution >= 0.6 is 11.6 Å². The molecule has 0 aliphatic heterocycles. The quantitative estimate of drug-likeness (QED) is 0.840. The molecule has 0 unspecified atom stereocenters. The van der Waals surface area contributed by atoms with Crippen LogP contribution in [0.25, 0.3) is 0 Å². The summed E-state index contributed by atoms with van der Waals surface area (Å²) in [6.45, 7) is 0.473. The first-order valence-corrected chi connectivity index (χ1v) is 4.87. The second-order valence-electron chi connectivity index (χ2n) is 3.56. The number of ether oxygens (including phenoxy) is 1. The summed E-state index contributed by atoms with van der Waals surface area (Å²) in [4.78, 5) is 0. The van der Waals surface area contributed by atoms with Crippen LogP contribution in [-0.4, -0.2) is 12.1 Å². The highest BCUT2D eigenvalue weighted by Crippen LogP contribution is 2.41. The van der Waals surface area contributed by atoms with E-state index in [-0.39, 0.29) is 11.4 Å². The lowest BCUT2D eigenvalue weighted by Crippen LogP contribution is -2.28. The van der Waals surface area contributed by atoms with E-state index in [1.54, 1.807) is 0 Å². The van der Waals surface area contributed by atoms with Crippen molar-refractivity contribution in [2.24, 2.45) is 5.73 Å². The van der Waals surface area contributed by atoms with Gasteiger partial charge in [0.05, 0.1) is 5.02 Å². The predicted molar refractivity (Wildman–Crippen MR) is 53.1 cm³/mol. The largest absolute Gasteiger partial charge is 0.484 e. The molecular formula is C10H11ClFNO. The number of hydrogen-bond acceptors (Lipinski definition) is 2. The highest BCUT2D eigenvalue weighted by Gasteiger charge is 2.44. The van der Waals surface area contributed by atoms with Gasteiger partial charge in [-0.1, -0.05) is 11.6 Å². The highest BCUT2D eigenvalue weighted by atomic mass is 35.5. The number of hydrogen-bond donors (Lipinski definition) is 1. The van der Waals surface area contributed by atoms with Crippen LogP contribution in [0.5, 0.6) is 5.75 Å². The molecule has 0 radical (unpaired) electrons. The summed E-state index contributed by atoms with van der Waals surface area (Å²) in [6, 6.07) is 4.10. The SMILES string of the molecule is NCC1(Oc2ccc(F)cc2Cl)CC1. The maximum Gasteiger partial charge on any atom is 0.139 e. The zero-order chi connectivity index (χ0) is 10.2. The van der Waals surface area contributed by atoms with Crippen molar-refractivity contribution in [1.82, 2.24) is 0 Å². The van der Waals surface area contributed by atoms with Gasteiger partial charge in [-0.2, -0.15) is 0 Å². The Morgan fingerprint density at radius 2 is 2.21 bits per heavy atom. The third-order valence-electron chi connectivity index (χ3n) is 2.40. The average Bonchev–Trinajstić information content (AvgIpc) is 2.91. The maximum atomic E-state index is 12.7. The summed E-state index contributed by atoms with van der Waals surface area (Å²) >= 11 is 5.81. The second-order valence-corrected chi connectivity index (χ2v) is 3.97. The van der Waals surface area contributed by atoms with Gasteiger partial charge >= 0.3 is 0 Å². The van der Waals surface area contributed by atoms with Crippen LogP contribution in [0.2, 0.25) is 5.02 Å². The van der Waals surface area contributed by atoms with Crippen molar-refractivity contribution in [3.05, 3.63) is 29.0 Å². The average molecular weight is 216 g/mol. The molecule has 4 heteroatoms. The first-order valence-electron chi connectivity index (χ1n) is 4.49. The Labute approximate surface area is 86.8 Å². The number of nitrogens with two attached hydrogens (primary N) is 1. The van der Waals surface area contributed by atoms with Gasteiger partial charge in [-0.3, -0.25) is 0 Å². The summed E-state index contributed by atoms with van der Waals surface area (Å²) in [5, 5.41) is 0.296. The molecule has 2 N–H and O–H groups in total. The fourth-order valence-corrected chi connectivity index (χ4v) is 1.48. The summed E-state index contributed by atoms with van der Waals surface area (Å²) in [7, 11) is 0. The van der Waals surface area contributed by atoms with Crippen LogP contribution in [0.3, 0.4) is 0 Å². The molecule has 0 spiro atoms. The van der Waals surface area contributed by atoms with Crippen LogP contribution in [-0.2, 0) is 0 Å². The summed E-state index contributed by atoms with van der Waals surface area (Å²) in [5.74, 6) is 0.149. The van der Waals surface area contributed by atoms with Crippen molar-refractivity contribution in [3.63, 3.8) is 0 Å². The molecule has 0 atom stereocenters. The summed E-state index contributed by atoms with van der Waals surface area (Å²) < 4.78 is 18.3. The lowest BCUT2D eigenvalue weighted by atomic mass is 10.3. The van der Waals surface area contributed by atoms with Gasteiger partial charge in [0.1, 0.15) is 17.2 Å². The first kappa shape index (κ1) is 9.74. The Kier molecular flexibility index (Phi) is 2.37. The Morgan fingerprint density at radius 3 is 2.71 bits per heavy atom. The van der Waals surface area contributed by atoms with E-state index in [9.17, 15) is 4.39 Å². The molecule has 2 nitrogen and oxygen atoms in total. The fourth-order valence-electron chi connectivity index (χ4n) is 1.28. The Bertz CT molecular complexity index is 352. The number of rotatable bonds is 3. The molecule has 14 heavy (non-hydrogen) atoms. The molecule has 0 saturated heterocycles. The Morgan fingerprint density at radius 1 is 1.50 bits per heavy atom. The third kappa shape index (κ3) is 1.83. The van der Waals surface area contributed by atoms with E-state index < -0.39 is 0 Å². The Balaban J connectivity index is 2.17. The predicted octanol–water partition coefficient (Wildman–Crippen LogP) is 2.35. The monoisotopic (exact) mass is 215 g/mol. The van der Waals surface area contributed by atoms with Gasteiger partial charge in [0.2, 0.25) is 0 Å². The van der Waals surface area contributed by atoms with Gasteiger partial charge < -0.3 is 10.5 Å². The van der Waals surface area contributed by atoms with Crippen LogP contribution in [0.1, 0.15) is 12.8 Å². The second kappa shape index (κ2) is 3.41. The molecule has 0 aromatic heterocycles. The van der Waals surface area contributed by atoms with E-state index in [1.807, 2.05) is 0 Å². The Hall–Kier alpha value is -0.800. The van der Waals surface area contributed by atoms with Crippen molar-refractivity contribution >= 4 is 11.6 Å². The molecule has 0 heterocycles. The van der Waals surface area contributed by atoms with Gasteiger partial charge in [-0.25, -0.2) is 4.39 Å². The lowest BCUT2D eigenvalue weighted by molar-refractivity contribution is 0.187. The molecule has 1 aliphatic rings. The van der Waals surface area contributed by atoms with Crippen LogP contribution in [0.4, 0.5) is 4.39 Å². The molecule has 1 fully saturated rings. The fraction of sp³-hybridized carbons (Fsp3) is 0.400.